The van der Waals surface area contributed by atoms with E-state index in [-0.39, 0.29) is 43.3 Å². The van der Waals surface area contributed by atoms with Crippen molar-refractivity contribution in [2.75, 3.05) is 32.7 Å². The Balaban J connectivity index is 1.65. The van der Waals surface area contributed by atoms with E-state index in [9.17, 15) is 18.0 Å². The molecular formula is C20H29N3O4S. The number of benzene rings is 1. The van der Waals surface area contributed by atoms with Gasteiger partial charge in [0, 0.05) is 45.2 Å². The van der Waals surface area contributed by atoms with Crippen LogP contribution in [0.5, 0.6) is 0 Å². The minimum Gasteiger partial charge on any atom is -0.340 e. The third-order valence-corrected chi connectivity index (χ3v) is 7.68. The van der Waals surface area contributed by atoms with Gasteiger partial charge in [-0.15, -0.1) is 0 Å². The smallest absolute Gasteiger partial charge is 0.243 e. The van der Waals surface area contributed by atoms with E-state index < -0.39 is 10.0 Å². The lowest BCUT2D eigenvalue weighted by Gasteiger charge is -2.35. The molecule has 2 aliphatic heterocycles. The summed E-state index contributed by atoms with van der Waals surface area (Å²) in [4.78, 5) is 28.7. The summed E-state index contributed by atoms with van der Waals surface area (Å²) < 4.78 is 27.5. The molecule has 7 nitrogen and oxygen atoms in total. The molecular weight excluding hydrogens is 378 g/mol. The summed E-state index contributed by atoms with van der Waals surface area (Å²) in [5.41, 5.74) is 1.63. The number of aryl methyl sites for hydroxylation is 2. The van der Waals surface area contributed by atoms with Crippen molar-refractivity contribution in [1.82, 2.24) is 14.1 Å². The fourth-order valence-electron chi connectivity index (χ4n) is 3.93. The normalized spacial score (nSPS) is 21.6. The zero-order valence-electron chi connectivity index (χ0n) is 17.0. The van der Waals surface area contributed by atoms with Crippen LogP contribution in [-0.4, -0.2) is 73.1 Å². The third-order valence-electron chi connectivity index (χ3n) is 5.64. The van der Waals surface area contributed by atoms with Gasteiger partial charge in [-0.25, -0.2) is 8.42 Å². The molecule has 3 rings (SSSR count). The average molecular weight is 408 g/mol. The fraction of sp³-hybridized carbons (Fsp3) is 0.600. The van der Waals surface area contributed by atoms with Gasteiger partial charge in [0.15, 0.2) is 0 Å². The number of likely N-dealkylation sites (tertiary alicyclic amines) is 1. The zero-order valence-corrected chi connectivity index (χ0v) is 17.8. The van der Waals surface area contributed by atoms with Crippen molar-refractivity contribution in [2.45, 2.75) is 45.1 Å². The third kappa shape index (κ3) is 3.93. The van der Waals surface area contributed by atoms with Gasteiger partial charge >= 0.3 is 0 Å². The van der Waals surface area contributed by atoms with Gasteiger partial charge in [-0.05, 0) is 44.9 Å². The minimum atomic E-state index is -3.58. The molecule has 2 amide bonds. The molecule has 0 aromatic heterocycles. The van der Waals surface area contributed by atoms with Crippen LogP contribution in [0, 0.1) is 19.8 Å². The molecule has 0 saturated carbocycles. The SMILES string of the molecule is Cc1ccc(C)c(S(=O)(=O)N2CCN(C(=O)C3CC(=O)N(C(C)C)C3)CC2)c1. The molecule has 0 bridgehead atoms. The highest BCUT2D eigenvalue weighted by atomic mass is 32.2. The predicted molar refractivity (Wildman–Crippen MR) is 106 cm³/mol. The lowest BCUT2D eigenvalue weighted by molar-refractivity contribution is -0.137. The Bertz CT molecular complexity index is 873. The largest absolute Gasteiger partial charge is 0.340 e. The summed E-state index contributed by atoms with van der Waals surface area (Å²) in [6.45, 7) is 9.28. The van der Waals surface area contributed by atoms with Crippen LogP contribution in [0.2, 0.25) is 0 Å². The zero-order chi connectivity index (χ0) is 20.6. The van der Waals surface area contributed by atoms with Crippen LogP contribution < -0.4 is 0 Å². The second-order valence-corrected chi connectivity index (χ2v) is 9.95. The summed E-state index contributed by atoms with van der Waals surface area (Å²) in [6, 6.07) is 5.51. The molecule has 0 N–H and O–H groups in total. The van der Waals surface area contributed by atoms with Gasteiger partial charge < -0.3 is 9.80 Å². The van der Waals surface area contributed by atoms with Crippen LogP contribution in [0.15, 0.2) is 23.1 Å². The van der Waals surface area contributed by atoms with Gasteiger partial charge in [0.1, 0.15) is 0 Å². The summed E-state index contributed by atoms with van der Waals surface area (Å²) in [5, 5.41) is 0. The lowest BCUT2D eigenvalue weighted by Crippen LogP contribution is -2.52. The van der Waals surface area contributed by atoms with E-state index in [1.165, 1.54) is 4.31 Å². The fourth-order valence-corrected chi connectivity index (χ4v) is 5.66. The molecule has 1 aromatic carbocycles. The van der Waals surface area contributed by atoms with Crippen LogP contribution in [0.3, 0.4) is 0 Å². The van der Waals surface area contributed by atoms with E-state index >= 15 is 0 Å². The van der Waals surface area contributed by atoms with E-state index in [2.05, 4.69) is 0 Å². The van der Waals surface area contributed by atoms with Crippen LogP contribution in [0.4, 0.5) is 0 Å². The highest BCUT2D eigenvalue weighted by Gasteiger charge is 2.39. The molecule has 1 aromatic rings. The first-order valence-electron chi connectivity index (χ1n) is 9.77. The molecule has 2 fully saturated rings. The first kappa shape index (κ1) is 20.8. The molecule has 2 aliphatic rings. The number of nitrogens with zero attached hydrogens (tertiary/aromatic N) is 3. The maximum absolute atomic E-state index is 13.0. The van der Waals surface area contributed by atoms with Gasteiger partial charge in [0.05, 0.1) is 10.8 Å². The molecule has 2 heterocycles. The van der Waals surface area contributed by atoms with E-state index in [0.29, 0.717) is 24.5 Å². The number of carbonyl (C=O) groups is 2. The molecule has 0 radical (unpaired) electrons. The van der Waals surface area contributed by atoms with E-state index in [1.807, 2.05) is 32.9 Å². The number of hydrogen-bond acceptors (Lipinski definition) is 4. The lowest BCUT2D eigenvalue weighted by atomic mass is 10.1. The van der Waals surface area contributed by atoms with Crippen molar-refractivity contribution >= 4 is 21.8 Å². The van der Waals surface area contributed by atoms with Crippen LogP contribution in [0.25, 0.3) is 0 Å². The summed E-state index contributed by atoms with van der Waals surface area (Å²) in [5.74, 6) is -0.346. The van der Waals surface area contributed by atoms with Crippen molar-refractivity contribution in [2.24, 2.45) is 5.92 Å². The molecule has 154 valence electrons. The Morgan fingerprint density at radius 1 is 1.11 bits per heavy atom. The molecule has 2 saturated heterocycles. The predicted octanol–water partition coefficient (Wildman–Crippen LogP) is 1.39. The van der Waals surface area contributed by atoms with E-state index in [0.717, 1.165) is 11.1 Å². The molecule has 1 unspecified atom stereocenters. The quantitative estimate of drug-likeness (QED) is 0.756. The van der Waals surface area contributed by atoms with Gasteiger partial charge in [-0.2, -0.15) is 4.31 Å². The Kier molecular flexibility index (Phi) is 5.82. The second kappa shape index (κ2) is 7.83. The first-order valence-corrected chi connectivity index (χ1v) is 11.2. The van der Waals surface area contributed by atoms with Crippen molar-refractivity contribution in [3.8, 4) is 0 Å². The molecule has 1 atom stereocenters. The first-order chi connectivity index (χ1) is 13.1. The second-order valence-electron chi connectivity index (χ2n) is 8.04. The molecule has 0 aliphatic carbocycles. The van der Waals surface area contributed by atoms with Gasteiger partial charge in [-0.1, -0.05) is 12.1 Å². The van der Waals surface area contributed by atoms with Crippen LogP contribution in [0.1, 0.15) is 31.4 Å². The standard InChI is InChI=1S/C20H29N3O4S/c1-14(2)23-13-17(12-19(23)24)20(25)21-7-9-22(10-8-21)28(26,27)18-11-15(3)5-6-16(18)4/h5-6,11,14,17H,7-10,12-13H2,1-4H3. The maximum atomic E-state index is 13.0. The van der Waals surface area contributed by atoms with Crippen molar-refractivity contribution in [1.29, 1.82) is 0 Å². The summed E-state index contributed by atoms with van der Waals surface area (Å²) in [7, 11) is -3.58. The topological polar surface area (TPSA) is 78.0 Å². The molecule has 8 heteroatoms. The van der Waals surface area contributed by atoms with E-state index in [4.69, 9.17) is 0 Å². The van der Waals surface area contributed by atoms with Gasteiger partial charge in [0.2, 0.25) is 21.8 Å². The number of carbonyl (C=O) groups excluding carboxylic acids is 2. The minimum absolute atomic E-state index is 0.0180. The van der Waals surface area contributed by atoms with Gasteiger partial charge in [0.25, 0.3) is 0 Å². The maximum Gasteiger partial charge on any atom is 0.243 e. The van der Waals surface area contributed by atoms with Gasteiger partial charge in [-0.3, -0.25) is 9.59 Å². The summed E-state index contributed by atoms with van der Waals surface area (Å²) >= 11 is 0. The monoisotopic (exact) mass is 407 g/mol. The Morgan fingerprint density at radius 2 is 1.75 bits per heavy atom. The molecule has 0 spiro atoms. The Morgan fingerprint density at radius 3 is 2.32 bits per heavy atom. The Labute approximate surface area is 167 Å². The van der Waals surface area contributed by atoms with Crippen LogP contribution >= 0.6 is 0 Å². The number of hydrogen-bond donors (Lipinski definition) is 0. The van der Waals surface area contributed by atoms with Crippen molar-refractivity contribution in [3.05, 3.63) is 29.3 Å². The number of rotatable bonds is 4. The molecule has 28 heavy (non-hydrogen) atoms. The van der Waals surface area contributed by atoms with Crippen molar-refractivity contribution in [3.63, 3.8) is 0 Å². The summed E-state index contributed by atoms with van der Waals surface area (Å²) in [6.07, 6.45) is 0.248. The highest BCUT2D eigenvalue weighted by Crippen LogP contribution is 2.25. The number of piperazine rings is 1. The van der Waals surface area contributed by atoms with Crippen LogP contribution in [-0.2, 0) is 19.6 Å². The average Bonchev–Trinajstić information content (AvgIpc) is 3.05. The number of sulfonamides is 1. The number of amides is 2. The highest BCUT2D eigenvalue weighted by molar-refractivity contribution is 7.89. The van der Waals surface area contributed by atoms with Crippen molar-refractivity contribution < 1.29 is 18.0 Å². The van der Waals surface area contributed by atoms with E-state index in [1.54, 1.807) is 22.8 Å². The Hall–Kier alpha value is -1.93.